The molecule has 0 radical (unpaired) electrons. The van der Waals surface area contributed by atoms with Crippen LogP contribution in [0.4, 0.5) is 13.2 Å². The molecule has 2 aromatic carbocycles. The summed E-state index contributed by atoms with van der Waals surface area (Å²) in [5.41, 5.74) is 1.12. The van der Waals surface area contributed by atoms with Gasteiger partial charge in [0.05, 0.1) is 24.9 Å². The van der Waals surface area contributed by atoms with E-state index in [0.717, 1.165) is 11.6 Å². The molecule has 30 heavy (non-hydrogen) atoms. The van der Waals surface area contributed by atoms with Gasteiger partial charge in [-0.25, -0.2) is 4.68 Å². The minimum Gasteiger partial charge on any atom is -0.497 e. The van der Waals surface area contributed by atoms with Crippen LogP contribution >= 0.6 is 0 Å². The highest BCUT2D eigenvalue weighted by Crippen LogP contribution is 2.32. The molecule has 2 N–H and O–H groups in total. The lowest BCUT2D eigenvalue weighted by Gasteiger charge is -2.26. The van der Waals surface area contributed by atoms with E-state index in [1.165, 1.54) is 16.8 Å². The predicted molar refractivity (Wildman–Crippen MR) is 104 cm³/mol. The zero-order chi connectivity index (χ0) is 21.3. The van der Waals surface area contributed by atoms with Gasteiger partial charge in [-0.2, -0.15) is 18.3 Å². The average Bonchev–Trinajstić information content (AvgIpc) is 3.19. The number of carbonyl (C=O) groups excluding carboxylic acids is 1. The molecule has 4 rings (SSSR count). The van der Waals surface area contributed by atoms with E-state index in [2.05, 4.69) is 15.7 Å². The van der Waals surface area contributed by atoms with Crippen LogP contribution in [0, 0.1) is 0 Å². The molecule has 0 saturated carbocycles. The van der Waals surface area contributed by atoms with Crippen LogP contribution in [0.25, 0.3) is 11.3 Å². The van der Waals surface area contributed by atoms with Crippen LogP contribution in [0.5, 0.6) is 5.75 Å². The minimum absolute atomic E-state index is 0.0238. The van der Waals surface area contributed by atoms with Gasteiger partial charge in [0.1, 0.15) is 17.6 Å². The second kappa shape index (κ2) is 7.83. The number of amides is 1. The SMILES string of the molecule is COc1cccc(-c2cc3n(n2)C(NCc2ccccc2C(F)(F)F)CNC3=O)c1. The topological polar surface area (TPSA) is 68.2 Å². The summed E-state index contributed by atoms with van der Waals surface area (Å²) in [7, 11) is 1.56. The number of fused-ring (bicyclic) bond motifs is 1. The zero-order valence-corrected chi connectivity index (χ0v) is 16.0. The number of nitrogens with one attached hydrogen (secondary N) is 2. The van der Waals surface area contributed by atoms with Crippen molar-refractivity contribution in [3.8, 4) is 17.0 Å². The summed E-state index contributed by atoms with van der Waals surface area (Å²) in [6.07, 6.45) is -4.92. The summed E-state index contributed by atoms with van der Waals surface area (Å²) in [6.45, 7) is 0.184. The molecule has 1 unspecified atom stereocenters. The maximum atomic E-state index is 13.2. The summed E-state index contributed by atoms with van der Waals surface area (Å²) < 4.78 is 46.5. The zero-order valence-electron chi connectivity index (χ0n) is 16.0. The lowest BCUT2D eigenvalue weighted by Crippen LogP contribution is -2.45. The quantitative estimate of drug-likeness (QED) is 0.667. The fourth-order valence-electron chi connectivity index (χ4n) is 3.43. The number of aromatic nitrogens is 2. The molecular formula is C21H19F3N4O2. The number of halogens is 3. The Morgan fingerprint density at radius 3 is 2.77 bits per heavy atom. The van der Waals surface area contributed by atoms with Crippen molar-refractivity contribution in [2.24, 2.45) is 0 Å². The first kappa shape index (κ1) is 20.0. The summed E-state index contributed by atoms with van der Waals surface area (Å²) in [5, 5.41) is 10.4. The number of ether oxygens (including phenoxy) is 1. The first-order valence-electron chi connectivity index (χ1n) is 9.27. The van der Waals surface area contributed by atoms with Gasteiger partial charge in [-0.05, 0) is 29.8 Å². The molecule has 1 amide bonds. The maximum Gasteiger partial charge on any atom is 0.416 e. The summed E-state index contributed by atoms with van der Waals surface area (Å²) in [4.78, 5) is 12.3. The van der Waals surface area contributed by atoms with E-state index in [1.807, 2.05) is 12.1 Å². The summed E-state index contributed by atoms with van der Waals surface area (Å²) >= 11 is 0. The molecule has 0 saturated heterocycles. The monoisotopic (exact) mass is 416 g/mol. The number of carbonyl (C=O) groups is 1. The first-order chi connectivity index (χ1) is 14.4. The molecule has 2 heterocycles. The number of alkyl halides is 3. The highest BCUT2D eigenvalue weighted by molar-refractivity contribution is 5.94. The number of methoxy groups -OCH3 is 1. The van der Waals surface area contributed by atoms with Gasteiger partial charge in [0.2, 0.25) is 0 Å². The van der Waals surface area contributed by atoms with Gasteiger partial charge in [-0.15, -0.1) is 0 Å². The Labute approximate surface area is 170 Å². The van der Waals surface area contributed by atoms with Crippen molar-refractivity contribution in [3.63, 3.8) is 0 Å². The normalized spacial score (nSPS) is 16.1. The van der Waals surface area contributed by atoms with Crippen LogP contribution in [-0.2, 0) is 12.7 Å². The van der Waals surface area contributed by atoms with Crippen molar-refractivity contribution in [1.29, 1.82) is 0 Å². The van der Waals surface area contributed by atoms with Crippen molar-refractivity contribution >= 4 is 5.91 Å². The standard InChI is InChI=1S/C21H19F3N4O2/c1-30-15-7-4-6-13(9-15)17-10-18-20(29)26-12-19(28(18)27-17)25-11-14-5-2-3-8-16(14)21(22,23)24/h2-10,19,25H,11-12H2,1H3,(H,26,29). The fraction of sp³-hybridized carbons (Fsp3) is 0.238. The molecule has 0 bridgehead atoms. The lowest BCUT2D eigenvalue weighted by atomic mass is 10.1. The smallest absolute Gasteiger partial charge is 0.416 e. The van der Waals surface area contributed by atoms with E-state index < -0.39 is 17.9 Å². The van der Waals surface area contributed by atoms with E-state index in [4.69, 9.17) is 4.74 Å². The van der Waals surface area contributed by atoms with E-state index in [-0.39, 0.29) is 24.6 Å². The van der Waals surface area contributed by atoms with E-state index >= 15 is 0 Å². The predicted octanol–water partition coefficient (Wildman–Crippen LogP) is 3.61. The van der Waals surface area contributed by atoms with Gasteiger partial charge in [0, 0.05) is 12.1 Å². The van der Waals surface area contributed by atoms with Gasteiger partial charge in [0.15, 0.2) is 0 Å². The van der Waals surface area contributed by atoms with Gasteiger partial charge in [-0.3, -0.25) is 10.1 Å². The van der Waals surface area contributed by atoms with E-state index in [0.29, 0.717) is 17.1 Å². The molecule has 9 heteroatoms. The lowest BCUT2D eigenvalue weighted by molar-refractivity contribution is -0.138. The van der Waals surface area contributed by atoms with Crippen LogP contribution in [0.3, 0.4) is 0 Å². The Morgan fingerprint density at radius 1 is 1.20 bits per heavy atom. The van der Waals surface area contributed by atoms with Gasteiger partial charge < -0.3 is 10.1 Å². The molecular weight excluding hydrogens is 397 g/mol. The molecule has 0 fully saturated rings. The molecule has 1 aliphatic heterocycles. The van der Waals surface area contributed by atoms with Crippen LogP contribution < -0.4 is 15.4 Å². The van der Waals surface area contributed by atoms with Crippen LogP contribution in [0.15, 0.2) is 54.6 Å². The molecule has 3 aromatic rings. The van der Waals surface area contributed by atoms with Crippen molar-refractivity contribution in [2.75, 3.05) is 13.7 Å². The molecule has 6 nitrogen and oxygen atoms in total. The van der Waals surface area contributed by atoms with Crippen molar-refractivity contribution in [2.45, 2.75) is 18.9 Å². The van der Waals surface area contributed by atoms with Gasteiger partial charge >= 0.3 is 6.18 Å². The van der Waals surface area contributed by atoms with E-state index in [1.54, 1.807) is 31.4 Å². The van der Waals surface area contributed by atoms with Crippen molar-refractivity contribution in [1.82, 2.24) is 20.4 Å². The second-order valence-corrected chi connectivity index (χ2v) is 6.85. The highest BCUT2D eigenvalue weighted by Gasteiger charge is 2.33. The first-order valence-corrected chi connectivity index (χ1v) is 9.27. The largest absolute Gasteiger partial charge is 0.497 e. The molecule has 1 aliphatic rings. The summed E-state index contributed by atoms with van der Waals surface area (Å²) in [5.74, 6) is 0.367. The number of benzene rings is 2. The molecule has 1 aromatic heterocycles. The summed E-state index contributed by atoms with van der Waals surface area (Å²) in [6, 6.07) is 14.3. The van der Waals surface area contributed by atoms with E-state index in [9.17, 15) is 18.0 Å². The second-order valence-electron chi connectivity index (χ2n) is 6.85. The molecule has 0 spiro atoms. The van der Waals surface area contributed by atoms with Crippen LogP contribution in [-0.4, -0.2) is 29.3 Å². The fourth-order valence-corrected chi connectivity index (χ4v) is 3.43. The van der Waals surface area contributed by atoms with Gasteiger partial charge in [-0.1, -0.05) is 30.3 Å². The van der Waals surface area contributed by atoms with Crippen molar-refractivity contribution in [3.05, 3.63) is 71.4 Å². The van der Waals surface area contributed by atoms with Crippen LogP contribution in [0.1, 0.15) is 27.8 Å². The Balaban J connectivity index is 1.60. The third-order valence-corrected chi connectivity index (χ3v) is 4.94. The Kier molecular flexibility index (Phi) is 5.21. The molecule has 1 atom stereocenters. The van der Waals surface area contributed by atoms with Crippen molar-refractivity contribution < 1.29 is 22.7 Å². The number of rotatable bonds is 5. The third kappa shape index (κ3) is 3.88. The average molecular weight is 416 g/mol. The van der Waals surface area contributed by atoms with Gasteiger partial charge in [0.25, 0.3) is 5.91 Å². The maximum absolute atomic E-state index is 13.2. The highest BCUT2D eigenvalue weighted by atomic mass is 19.4. The number of nitrogens with zero attached hydrogens (tertiary/aromatic N) is 2. The molecule has 0 aliphatic carbocycles. The van der Waals surface area contributed by atoms with Crippen LogP contribution in [0.2, 0.25) is 0 Å². The number of hydrogen-bond acceptors (Lipinski definition) is 4. The Hall–Kier alpha value is -3.33. The molecule has 156 valence electrons. The number of hydrogen-bond donors (Lipinski definition) is 2. The minimum atomic E-state index is -4.44. The third-order valence-electron chi connectivity index (χ3n) is 4.94. The Bertz CT molecular complexity index is 1080. The Morgan fingerprint density at radius 2 is 2.00 bits per heavy atom.